The molecule has 1 aliphatic heterocycles. The van der Waals surface area contributed by atoms with Crippen molar-refractivity contribution in [2.24, 2.45) is 0 Å². The van der Waals surface area contributed by atoms with E-state index in [0.717, 1.165) is 4.90 Å². The molecule has 2 aromatic rings. The Morgan fingerprint density at radius 2 is 1.97 bits per heavy atom. The van der Waals surface area contributed by atoms with Gasteiger partial charge in [-0.25, -0.2) is 14.5 Å². The van der Waals surface area contributed by atoms with Crippen molar-refractivity contribution in [3.05, 3.63) is 47.9 Å². The molecular formula is C21H23NO8. The molecule has 0 bridgehead atoms. The van der Waals surface area contributed by atoms with E-state index in [-0.39, 0.29) is 11.4 Å². The fourth-order valence-corrected chi connectivity index (χ4v) is 3.15. The number of furan rings is 1. The van der Waals surface area contributed by atoms with E-state index in [2.05, 4.69) is 0 Å². The van der Waals surface area contributed by atoms with Crippen LogP contribution in [0.15, 0.2) is 41.0 Å². The first-order valence-corrected chi connectivity index (χ1v) is 9.20. The fraction of sp³-hybridized carbons (Fsp3) is 0.381. The zero-order chi connectivity index (χ0) is 22.1. The molecule has 1 aromatic heterocycles. The number of esters is 1. The summed E-state index contributed by atoms with van der Waals surface area (Å²) in [6.45, 7) is 3.81. The van der Waals surface area contributed by atoms with Crippen molar-refractivity contribution in [1.29, 1.82) is 0 Å². The van der Waals surface area contributed by atoms with E-state index < -0.39 is 42.2 Å². The van der Waals surface area contributed by atoms with Crippen LogP contribution in [-0.4, -0.2) is 49.0 Å². The zero-order valence-electron chi connectivity index (χ0n) is 17.1. The van der Waals surface area contributed by atoms with Gasteiger partial charge in [-0.1, -0.05) is 6.07 Å². The predicted octanol–water partition coefficient (Wildman–Crippen LogP) is 2.66. The van der Waals surface area contributed by atoms with E-state index in [1.807, 2.05) is 0 Å². The Morgan fingerprint density at radius 3 is 2.53 bits per heavy atom. The van der Waals surface area contributed by atoms with Gasteiger partial charge in [0.1, 0.15) is 23.4 Å². The van der Waals surface area contributed by atoms with Crippen LogP contribution in [0.25, 0.3) is 0 Å². The highest BCUT2D eigenvalue weighted by Crippen LogP contribution is 2.44. The number of benzene rings is 1. The third-order valence-electron chi connectivity index (χ3n) is 4.59. The van der Waals surface area contributed by atoms with Crippen LogP contribution in [0, 0.1) is 0 Å². The lowest BCUT2D eigenvalue weighted by atomic mass is 9.83. The Labute approximate surface area is 173 Å². The molecule has 9 heteroatoms. The van der Waals surface area contributed by atoms with E-state index in [4.69, 9.17) is 18.6 Å². The quantitative estimate of drug-likeness (QED) is 0.739. The molecule has 1 aromatic carbocycles. The minimum absolute atomic E-state index is 0.0486. The number of carbonyl (C=O) groups is 3. The Morgan fingerprint density at radius 1 is 1.23 bits per heavy atom. The summed E-state index contributed by atoms with van der Waals surface area (Å²) >= 11 is 0. The van der Waals surface area contributed by atoms with Gasteiger partial charge in [-0.15, -0.1) is 0 Å². The Hall–Kier alpha value is -3.33. The van der Waals surface area contributed by atoms with Gasteiger partial charge in [-0.2, -0.15) is 0 Å². The lowest BCUT2D eigenvalue weighted by Gasteiger charge is -2.27. The highest BCUT2D eigenvalue weighted by molar-refractivity contribution is 6.21. The number of imide groups is 1. The fourth-order valence-electron chi connectivity index (χ4n) is 3.15. The third kappa shape index (κ3) is 3.76. The van der Waals surface area contributed by atoms with Gasteiger partial charge in [-0.05, 0) is 44.5 Å². The molecule has 2 amide bonds. The van der Waals surface area contributed by atoms with Crippen LogP contribution in [-0.2, 0) is 19.7 Å². The predicted molar refractivity (Wildman–Crippen MR) is 104 cm³/mol. The van der Waals surface area contributed by atoms with Gasteiger partial charge < -0.3 is 23.7 Å². The van der Waals surface area contributed by atoms with E-state index in [1.54, 1.807) is 32.9 Å². The Balaban J connectivity index is 2.00. The van der Waals surface area contributed by atoms with E-state index in [9.17, 15) is 19.5 Å². The molecule has 1 N–H and O–H groups in total. The number of nitrogens with zero attached hydrogens (tertiary/aromatic N) is 1. The van der Waals surface area contributed by atoms with Crippen LogP contribution in [0.2, 0.25) is 0 Å². The number of hydrogen-bond acceptors (Lipinski definition) is 8. The highest BCUT2D eigenvalue weighted by atomic mass is 16.6. The van der Waals surface area contributed by atoms with Crippen molar-refractivity contribution in [3.63, 3.8) is 0 Å². The molecule has 3 rings (SSSR count). The molecule has 30 heavy (non-hydrogen) atoms. The summed E-state index contributed by atoms with van der Waals surface area (Å²) < 4.78 is 20.8. The smallest absolute Gasteiger partial charge is 0.421 e. The maximum atomic E-state index is 13.4. The van der Waals surface area contributed by atoms with Crippen molar-refractivity contribution in [2.45, 2.75) is 31.8 Å². The van der Waals surface area contributed by atoms with E-state index >= 15 is 0 Å². The van der Waals surface area contributed by atoms with Gasteiger partial charge in [0.25, 0.3) is 5.91 Å². The summed E-state index contributed by atoms with van der Waals surface area (Å²) in [4.78, 5) is 39.2. The van der Waals surface area contributed by atoms with Crippen molar-refractivity contribution in [3.8, 4) is 5.75 Å². The number of fused-ring (bicyclic) bond motifs is 1. The third-order valence-corrected chi connectivity index (χ3v) is 4.59. The second kappa shape index (κ2) is 7.83. The Kier molecular flexibility index (Phi) is 5.58. The maximum Gasteiger partial charge on any atom is 0.421 e. The molecule has 0 aliphatic carbocycles. The second-order valence-electron chi connectivity index (χ2n) is 7.80. The minimum atomic E-state index is -1.68. The standard InChI is InChI=1S/C21H23NO8/c1-20(2,3)30-19(26)22-15-10-13(27-4)7-8-14(15)21(11-23,18(22)25)12-29-17(24)16-6-5-9-28-16/h5-10,23H,11-12H2,1-4H3. The van der Waals surface area contributed by atoms with Gasteiger partial charge in [0.2, 0.25) is 5.76 Å². The molecule has 9 nitrogen and oxygen atoms in total. The zero-order valence-corrected chi connectivity index (χ0v) is 17.1. The molecule has 160 valence electrons. The van der Waals surface area contributed by atoms with Gasteiger partial charge >= 0.3 is 12.1 Å². The first-order valence-electron chi connectivity index (χ1n) is 9.20. The Bertz CT molecular complexity index is 960. The van der Waals surface area contributed by atoms with Crippen molar-refractivity contribution < 1.29 is 38.1 Å². The molecule has 0 fully saturated rings. The lowest BCUT2D eigenvalue weighted by molar-refractivity contribution is -0.126. The van der Waals surface area contributed by atoms with Crippen molar-refractivity contribution in [2.75, 3.05) is 25.2 Å². The number of hydrogen-bond donors (Lipinski definition) is 1. The monoisotopic (exact) mass is 417 g/mol. The number of amides is 2. The van der Waals surface area contributed by atoms with Crippen LogP contribution in [0.4, 0.5) is 10.5 Å². The highest BCUT2D eigenvalue weighted by Gasteiger charge is 2.55. The van der Waals surface area contributed by atoms with Crippen molar-refractivity contribution >= 4 is 23.7 Å². The first kappa shape index (κ1) is 21.4. The van der Waals surface area contributed by atoms with Crippen LogP contribution in [0.3, 0.4) is 0 Å². The number of ether oxygens (including phenoxy) is 3. The van der Waals surface area contributed by atoms with Gasteiger partial charge in [0.15, 0.2) is 0 Å². The molecule has 0 saturated carbocycles. The summed E-state index contributed by atoms with van der Waals surface area (Å²) in [7, 11) is 1.45. The van der Waals surface area contributed by atoms with Gasteiger partial charge in [-0.3, -0.25) is 4.79 Å². The number of anilines is 1. The average molecular weight is 417 g/mol. The average Bonchev–Trinajstić information content (AvgIpc) is 3.29. The molecule has 0 spiro atoms. The summed E-state index contributed by atoms with van der Waals surface area (Å²) in [5.74, 6) is -1.22. The number of aliphatic hydroxyl groups is 1. The summed E-state index contributed by atoms with van der Waals surface area (Å²) in [6, 6.07) is 7.56. The molecule has 0 radical (unpaired) electrons. The van der Waals surface area contributed by atoms with Crippen molar-refractivity contribution in [1.82, 2.24) is 0 Å². The number of rotatable bonds is 5. The molecule has 0 saturated heterocycles. The van der Waals surface area contributed by atoms with Crippen LogP contribution in [0.5, 0.6) is 5.75 Å². The number of methoxy groups -OCH3 is 1. The van der Waals surface area contributed by atoms with Crippen LogP contribution < -0.4 is 9.64 Å². The number of carbonyl (C=O) groups excluding carboxylic acids is 3. The van der Waals surface area contributed by atoms with Gasteiger partial charge in [0, 0.05) is 6.07 Å². The van der Waals surface area contributed by atoms with E-state index in [1.165, 1.54) is 31.6 Å². The summed E-state index contributed by atoms with van der Waals surface area (Å²) in [5.41, 5.74) is -2.03. The molecule has 1 atom stereocenters. The SMILES string of the molecule is COc1ccc2c(c1)N(C(=O)OC(C)(C)C)C(=O)C2(CO)COC(=O)c1ccco1. The normalized spacial score (nSPS) is 18.2. The topological polar surface area (TPSA) is 116 Å². The molecular weight excluding hydrogens is 394 g/mol. The molecule has 1 aliphatic rings. The van der Waals surface area contributed by atoms with Gasteiger partial charge in [0.05, 0.1) is 25.7 Å². The largest absolute Gasteiger partial charge is 0.497 e. The molecule has 2 heterocycles. The second-order valence-corrected chi connectivity index (χ2v) is 7.80. The van der Waals surface area contributed by atoms with Crippen LogP contribution in [0.1, 0.15) is 36.9 Å². The maximum absolute atomic E-state index is 13.4. The molecule has 1 unspecified atom stereocenters. The van der Waals surface area contributed by atoms with Crippen LogP contribution >= 0.6 is 0 Å². The summed E-state index contributed by atoms with van der Waals surface area (Å²) in [6.07, 6.45) is 0.403. The lowest BCUT2D eigenvalue weighted by Crippen LogP contribution is -2.49. The van der Waals surface area contributed by atoms with E-state index in [0.29, 0.717) is 11.3 Å². The minimum Gasteiger partial charge on any atom is -0.497 e. The first-order chi connectivity index (χ1) is 14.1. The summed E-state index contributed by atoms with van der Waals surface area (Å²) in [5, 5.41) is 10.2. The number of aliphatic hydroxyl groups excluding tert-OH is 1.